The van der Waals surface area contributed by atoms with Gasteiger partial charge >= 0.3 is 0 Å². The normalized spacial score (nSPS) is 15.9. The second-order valence-electron chi connectivity index (χ2n) is 7.30. The molecule has 158 valence electrons. The lowest BCUT2D eigenvalue weighted by Gasteiger charge is -2.20. The Hall–Kier alpha value is -2.12. The van der Waals surface area contributed by atoms with Crippen LogP contribution in [0.25, 0.3) is 11.4 Å². The van der Waals surface area contributed by atoms with Gasteiger partial charge in [0.25, 0.3) is 0 Å². The van der Waals surface area contributed by atoms with Gasteiger partial charge in [0, 0.05) is 37.1 Å². The number of benzene rings is 1. The largest absolute Gasteiger partial charge is 0.356 e. The molecule has 3 rings (SSSR count). The van der Waals surface area contributed by atoms with Crippen LogP contribution in [0.1, 0.15) is 38.0 Å². The van der Waals surface area contributed by atoms with Crippen molar-refractivity contribution in [3.63, 3.8) is 0 Å². The first-order valence-corrected chi connectivity index (χ1v) is 10.9. The monoisotopic (exact) mass is 418 g/mol. The number of rotatable bonds is 8. The summed E-state index contributed by atoms with van der Waals surface area (Å²) in [4.78, 5) is 11.3. The van der Waals surface area contributed by atoms with Gasteiger partial charge in [-0.05, 0) is 63.2 Å². The number of guanidine groups is 1. The molecule has 0 unspecified atom stereocenters. The van der Waals surface area contributed by atoms with E-state index in [1.54, 1.807) is 7.05 Å². The zero-order chi connectivity index (χ0) is 20.3. The third-order valence-corrected chi connectivity index (χ3v) is 5.32. The van der Waals surface area contributed by atoms with Crippen molar-refractivity contribution in [2.24, 2.45) is 4.99 Å². The highest BCUT2D eigenvalue weighted by Crippen LogP contribution is 2.18. The Morgan fingerprint density at radius 2 is 1.83 bits per heavy atom. The third-order valence-electron chi connectivity index (χ3n) is 5.07. The minimum atomic E-state index is 0.577. The van der Waals surface area contributed by atoms with E-state index >= 15 is 0 Å². The van der Waals surface area contributed by atoms with E-state index in [4.69, 9.17) is 16.1 Å². The summed E-state index contributed by atoms with van der Waals surface area (Å²) in [6.45, 7) is 5.23. The van der Waals surface area contributed by atoms with Gasteiger partial charge in [0.05, 0.1) is 0 Å². The average molecular weight is 419 g/mol. The van der Waals surface area contributed by atoms with Gasteiger partial charge in [-0.1, -0.05) is 29.6 Å². The quantitative estimate of drug-likeness (QED) is 0.389. The Balaban J connectivity index is 1.34. The van der Waals surface area contributed by atoms with Crippen molar-refractivity contribution in [2.45, 2.75) is 38.5 Å². The molecule has 1 aromatic heterocycles. The maximum atomic E-state index is 5.92. The van der Waals surface area contributed by atoms with E-state index < -0.39 is 0 Å². The van der Waals surface area contributed by atoms with E-state index in [-0.39, 0.29) is 0 Å². The van der Waals surface area contributed by atoms with Crippen LogP contribution < -0.4 is 10.6 Å². The summed E-state index contributed by atoms with van der Waals surface area (Å²) in [5.41, 5.74) is 0.888. The molecule has 0 saturated carbocycles. The fourth-order valence-electron chi connectivity index (χ4n) is 3.45. The number of likely N-dealkylation sites (tertiary alicyclic amines) is 1. The van der Waals surface area contributed by atoms with Crippen LogP contribution in [-0.2, 0) is 6.42 Å². The number of hydrogen-bond donors (Lipinski definition) is 2. The summed E-state index contributed by atoms with van der Waals surface area (Å²) in [5, 5.41) is 11.4. The van der Waals surface area contributed by atoms with Crippen LogP contribution in [-0.4, -0.2) is 60.8 Å². The molecular formula is C21H31ClN6O. The van der Waals surface area contributed by atoms with Crippen molar-refractivity contribution >= 4 is 17.6 Å². The molecule has 29 heavy (non-hydrogen) atoms. The lowest BCUT2D eigenvalue weighted by molar-refractivity contribution is 0.282. The second kappa shape index (κ2) is 11.8. The van der Waals surface area contributed by atoms with E-state index in [0.29, 0.717) is 29.7 Å². The predicted molar refractivity (Wildman–Crippen MR) is 117 cm³/mol. The van der Waals surface area contributed by atoms with Crippen molar-refractivity contribution in [2.75, 3.05) is 39.8 Å². The lowest BCUT2D eigenvalue weighted by Crippen LogP contribution is -2.39. The van der Waals surface area contributed by atoms with Crippen LogP contribution in [0.5, 0.6) is 0 Å². The van der Waals surface area contributed by atoms with Gasteiger partial charge in [0.2, 0.25) is 11.7 Å². The van der Waals surface area contributed by atoms with E-state index in [9.17, 15) is 0 Å². The van der Waals surface area contributed by atoms with Gasteiger partial charge in [-0.15, -0.1) is 0 Å². The zero-order valence-corrected chi connectivity index (χ0v) is 17.9. The second-order valence-corrected chi connectivity index (χ2v) is 7.74. The predicted octanol–water partition coefficient (Wildman–Crippen LogP) is 3.36. The molecule has 0 aliphatic carbocycles. The third kappa shape index (κ3) is 7.33. The minimum Gasteiger partial charge on any atom is -0.356 e. The fraction of sp³-hybridized carbons (Fsp3) is 0.571. The Kier molecular flexibility index (Phi) is 8.77. The van der Waals surface area contributed by atoms with Crippen LogP contribution in [0.3, 0.4) is 0 Å². The minimum absolute atomic E-state index is 0.577. The highest BCUT2D eigenvalue weighted by atomic mass is 35.5. The van der Waals surface area contributed by atoms with Crippen molar-refractivity contribution in [3.05, 3.63) is 35.2 Å². The first kappa shape index (κ1) is 21.6. The van der Waals surface area contributed by atoms with Gasteiger partial charge in [-0.25, -0.2) is 0 Å². The summed E-state index contributed by atoms with van der Waals surface area (Å²) in [6.07, 6.45) is 7.20. The highest BCUT2D eigenvalue weighted by Gasteiger charge is 2.10. The van der Waals surface area contributed by atoms with E-state index in [1.807, 2.05) is 24.3 Å². The smallest absolute Gasteiger partial charge is 0.228 e. The van der Waals surface area contributed by atoms with Gasteiger partial charge in [-0.2, -0.15) is 4.98 Å². The molecule has 1 aromatic carbocycles. The fourth-order valence-corrected chi connectivity index (χ4v) is 3.58. The molecule has 1 saturated heterocycles. The molecule has 0 radical (unpaired) electrons. The van der Waals surface area contributed by atoms with Gasteiger partial charge < -0.3 is 20.1 Å². The van der Waals surface area contributed by atoms with Crippen LogP contribution in [0.15, 0.2) is 33.8 Å². The summed E-state index contributed by atoms with van der Waals surface area (Å²) >= 11 is 5.92. The van der Waals surface area contributed by atoms with Crippen LogP contribution in [0, 0.1) is 0 Å². The van der Waals surface area contributed by atoms with E-state index in [2.05, 4.69) is 30.7 Å². The molecule has 1 aliphatic heterocycles. The lowest BCUT2D eigenvalue weighted by atomic mass is 10.2. The summed E-state index contributed by atoms with van der Waals surface area (Å²) in [7, 11) is 1.79. The first-order chi connectivity index (χ1) is 14.2. The Bertz CT molecular complexity index is 753. The topological polar surface area (TPSA) is 78.6 Å². The van der Waals surface area contributed by atoms with Crippen molar-refractivity contribution in [1.82, 2.24) is 25.7 Å². The maximum absolute atomic E-state index is 5.92. The summed E-state index contributed by atoms with van der Waals surface area (Å²) in [5.74, 6) is 1.98. The van der Waals surface area contributed by atoms with Gasteiger partial charge in [0.1, 0.15) is 0 Å². The Morgan fingerprint density at radius 3 is 2.55 bits per heavy atom. The van der Waals surface area contributed by atoms with Crippen molar-refractivity contribution < 1.29 is 4.52 Å². The zero-order valence-electron chi connectivity index (χ0n) is 17.2. The number of halogens is 1. The molecule has 2 heterocycles. The molecule has 2 N–H and O–H groups in total. The molecule has 0 atom stereocenters. The van der Waals surface area contributed by atoms with Gasteiger partial charge in [0.15, 0.2) is 5.96 Å². The number of aliphatic imine (C=N–C) groups is 1. The summed E-state index contributed by atoms with van der Waals surface area (Å²) < 4.78 is 5.34. The van der Waals surface area contributed by atoms with Crippen LogP contribution >= 0.6 is 11.6 Å². The number of nitrogens with one attached hydrogen (secondary N) is 2. The molecular weight excluding hydrogens is 388 g/mol. The summed E-state index contributed by atoms with van der Waals surface area (Å²) in [6, 6.07) is 7.40. The Labute approximate surface area is 177 Å². The standard InChI is InChI=1S/C21H31ClN6O/c1-23-21(24-12-6-16-28-14-4-2-3-5-15-28)25-13-11-19-26-20(27-29-19)17-7-9-18(22)10-8-17/h7-10H,2-6,11-16H2,1H3,(H2,23,24,25). The van der Waals surface area contributed by atoms with Crippen molar-refractivity contribution in [1.29, 1.82) is 0 Å². The molecule has 0 spiro atoms. The molecule has 1 aliphatic rings. The molecule has 0 bridgehead atoms. The average Bonchev–Trinajstić information content (AvgIpc) is 3.05. The first-order valence-electron chi connectivity index (χ1n) is 10.5. The molecule has 0 amide bonds. The van der Waals surface area contributed by atoms with Crippen LogP contribution in [0.4, 0.5) is 0 Å². The highest BCUT2D eigenvalue weighted by molar-refractivity contribution is 6.30. The number of aromatic nitrogens is 2. The SMILES string of the molecule is CN=C(NCCCN1CCCCCC1)NCCc1nc(-c2ccc(Cl)cc2)no1. The van der Waals surface area contributed by atoms with Crippen molar-refractivity contribution in [3.8, 4) is 11.4 Å². The molecule has 8 heteroatoms. The number of hydrogen-bond acceptors (Lipinski definition) is 5. The molecule has 1 fully saturated rings. The molecule has 2 aromatic rings. The maximum Gasteiger partial charge on any atom is 0.228 e. The van der Waals surface area contributed by atoms with E-state index in [1.165, 1.54) is 38.8 Å². The Morgan fingerprint density at radius 1 is 1.10 bits per heavy atom. The van der Waals surface area contributed by atoms with Gasteiger partial charge in [-0.3, -0.25) is 4.99 Å². The molecule has 7 nitrogen and oxygen atoms in total. The van der Waals surface area contributed by atoms with E-state index in [0.717, 1.165) is 31.0 Å². The van der Waals surface area contributed by atoms with Crippen LogP contribution in [0.2, 0.25) is 5.02 Å². The number of nitrogens with zero attached hydrogens (tertiary/aromatic N) is 4.